The first-order valence-electron chi connectivity index (χ1n) is 5.79. The molecule has 3 nitrogen and oxygen atoms in total. The Bertz CT molecular complexity index is 315. The van der Waals surface area contributed by atoms with Crippen molar-refractivity contribution in [3.05, 3.63) is 23.8 Å². The number of nitrogens with two attached hydrogens (primary N) is 1. The van der Waals surface area contributed by atoms with Crippen LogP contribution in [0.2, 0.25) is 0 Å². The van der Waals surface area contributed by atoms with Crippen LogP contribution >= 0.6 is 11.8 Å². The lowest BCUT2D eigenvalue weighted by Crippen LogP contribution is -2.18. The van der Waals surface area contributed by atoms with Crippen molar-refractivity contribution in [1.82, 2.24) is 9.97 Å². The Morgan fingerprint density at radius 3 is 2.81 bits per heavy atom. The lowest BCUT2D eigenvalue weighted by Gasteiger charge is -2.08. The van der Waals surface area contributed by atoms with Crippen molar-refractivity contribution < 1.29 is 0 Å². The minimum atomic E-state index is 0.157. The molecule has 1 rings (SSSR count). The fourth-order valence-corrected chi connectivity index (χ4v) is 2.10. The van der Waals surface area contributed by atoms with Crippen LogP contribution in [0, 0.1) is 0 Å². The molecule has 0 amide bonds. The van der Waals surface area contributed by atoms with E-state index in [1.165, 1.54) is 6.42 Å². The molecule has 16 heavy (non-hydrogen) atoms. The molecule has 4 heteroatoms. The molecule has 0 fully saturated rings. The van der Waals surface area contributed by atoms with E-state index in [0.29, 0.717) is 5.25 Å². The van der Waals surface area contributed by atoms with E-state index in [1.807, 2.05) is 30.9 Å². The highest BCUT2D eigenvalue weighted by Gasteiger charge is 2.04. The van der Waals surface area contributed by atoms with Crippen molar-refractivity contribution in [2.75, 3.05) is 0 Å². The van der Waals surface area contributed by atoms with Gasteiger partial charge >= 0.3 is 0 Å². The molecule has 0 bridgehead atoms. The Hall–Kier alpha value is -0.610. The van der Waals surface area contributed by atoms with Gasteiger partial charge < -0.3 is 5.73 Å². The molecule has 0 spiro atoms. The van der Waals surface area contributed by atoms with E-state index in [2.05, 4.69) is 23.8 Å². The topological polar surface area (TPSA) is 51.8 Å². The lowest BCUT2D eigenvalue weighted by molar-refractivity contribution is 0.715. The van der Waals surface area contributed by atoms with Crippen LogP contribution in [0.4, 0.5) is 0 Å². The minimum absolute atomic E-state index is 0.157. The number of aromatic nitrogens is 2. The maximum absolute atomic E-state index is 5.75. The summed E-state index contributed by atoms with van der Waals surface area (Å²) in [6, 6.07) is 2.10. The van der Waals surface area contributed by atoms with Gasteiger partial charge in [0.25, 0.3) is 0 Å². The summed E-state index contributed by atoms with van der Waals surface area (Å²) in [7, 11) is 0. The van der Waals surface area contributed by atoms with Crippen LogP contribution in [-0.2, 0) is 12.2 Å². The molecule has 2 atom stereocenters. The average Bonchev–Trinajstić information content (AvgIpc) is 2.25. The second-order valence-electron chi connectivity index (χ2n) is 4.18. The summed E-state index contributed by atoms with van der Waals surface area (Å²) in [4.78, 5) is 8.79. The summed E-state index contributed by atoms with van der Waals surface area (Å²) < 4.78 is 0. The van der Waals surface area contributed by atoms with Gasteiger partial charge in [-0.3, -0.25) is 0 Å². The third-order valence-corrected chi connectivity index (χ3v) is 3.69. The van der Waals surface area contributed by atoms with Gasteiger partial charge in [-0.05, 0) is 19.4 Å². The van der Waals surface area contributed by atoms with Crippen molar-refractivity contribution in [2.24, 2.45) is 5.73 Å². The van der Waals surface area contributed by atoms with E-state index in [1.54, 1.807) is 0 Å². The Morgan fingerprint density at radius 1 is 1.44 bits per heavy atom. The van der Waals surface area contributed by atoms with Crippen molar-refractivity contribution >= 4 is 11.8 Å². The maximum atomic E-state index is 5.75. The first-order valence-corrected chi connectivity index (χ1v) is 6.84. The van der Waals surface area contributed by atoms with E-state index in [-0.39, 0.29) is 6.04 Å². The molecule has 0 aliphatic carbocycles. The Morgan fingerprint density at radius 2 is 2.19 bits per heavy atom. The van der Waals surface area contributed by atoms with E-state index in [9.17, 15) is 0 Å². The van der Waals surface area contributed by atoms with Crippen LogP contribution in [0.5, 0.6) is 0 Å². The highest BCUT2D eigenvalue weighted by atomic mass is 32.2. The molecule has 2 unspecified atom stereocenters. The fourth-order valence-electron chi connectivity index (χ4n) is 1.29. The van der Waals surface area contributed by atoms with Gasteiger partial charge in [0.1, 0.15) is 5.82 Å². The number of nitrogens with zero attached hydrogens (tertiary/aromatic N) is 2. The molecule has 0 saturated carbocycles. The second kappa shape index (κ2) is 6.86. The summed E-state index contributed by atoms with van der Waals surface area (Å²) >= 11 is 1.90. The Balaban J connectivity index is 2.53. The van der Waals surface area contributed by atoms with E-state index in [0.717, 1.165) is 23.7 Å². The van der Waals surface area contributed by atoms with Crippen LogP contribution in [0.3, 0.4) is 0 Å². The van der Waals surface area contributed by atoms with Crippen LogP contribution in [-0.4, -0.2) is 21.3 Å². The minimum Gasteiger partial charge on any atom is -0.328 e. The molecule has 0 radical (unpaired) electrons. The molecule has 0 aliphatic rings. The van der Waals surface area contributed by atoms with Crippen LogP contribution in [0.15, 0.2) is 12.3 Å². The monoisotopic (exact) mass is 239 g/mol. The van der Waals surface area contributed by atoms with Gasteiger partial charge in [0.05, 0.1) is 5.75 Å². The second-order valence-corrected chi connectivity index (χ2v) is 5.60. The Labute approximate surface area is 102 Å². The molecule has 0 saturated heterocycles. The normalized spacial score (nSPS) is 14.8. The molecular weight excluding hydrogens is 218 g/mol. The van der Waals surface area contributed by atoms with Gasteiger partial charge in [0.15, 0.2) is 0 Å². The highest BCUT2D eigenvalue weighted by Crippen LogP contribution is 2.17. The fraction of sp³-hybridized carbons (Fsp3) is 0.667. The highest BCUT2D eigenvalue weighted by molar-refractivity contribution is 7.99. The summed E-state index contributed by atoms with van der Waals surface area (Å²) in [6.07, 6.45) is 3.84. The lowest BCUT2D eigenvalue weighted by atomic mass is 10.2. The van der Waals surface area contributed by atoms with E-state index >= 15 is 0 Å². The van der Waals surface area contributed by atoms with Gasteiger partial charge in [0, 0.05) is 29.6 Å². The predicted molar refractivity (Wildman–Crippen MR) is 70.4 cm³/mol. The van der Waals surface area contributed by atoms with Crippen LogP contribution in [0.1, 0.15) is 38.7 Å². The maximum Gasteiger partial charge on any atom is 0.138 e. The first kappa shape index (κ1) is 13.5. The molecule has 0 aromatic carbocycles. The zero-order valence-corrected chi connectivity index (χ0v) is 11.1. The first-order chi connectivity index (χ1) is 7.61. The molecule has 2 N–H and O–H groups in total. The third kappa shape index (κ3) is 4.94. The quantitative estimate of drug-likeness (QED) is 0.828. The predicted octanol–water partition coefficient (Wildman–Crippen LogP) is 2.40. The third-order valence-electron chi connectivity index (χ3n) is 2.37. The van der Waals surface area contributed by atoms with Crippen molar-refractivity contribution in [1.29, 1.82) is 0 Å². The summed E-state index contributed by atoms with van der Waals surface area (Å²) in [5.74, 6) is 1.81. The van der Waals surface area contributed by atoms with E-state index in [4.69, 9.17) is 5.73 Å². The summed E-state index contributed by atoms with van der Waals surface area (Å²) in [6.45, 7) is 6.43. The summed E-state index contributed by atoms with van der Waals surface area (Å²) in [5, 5.41) is 0.667. The molecule has 0 aliphatic heterocycles. The zero-order valence-electron chi connectivity index (χ0n) is 10.3. The largest absolute Gasteiger partial charge is 0.328 e. The number of hydrogen-bond donors (Lipinski definition) is 1. The van der Waals surface area contributed by atoms with Gasteiger partial charge in [-0.25, -0.2) is 9.97 Å². The van der Waals surface area contributed by atoms with Crippen LogP contribution < -0.4 is 5.73 Å². The average molecular weight is 239 g/mol. The molecule has 1 aromatic heterocycles. The number of rotatable bonds is 6. The molecule has 1 heterocycles. The van der Waals surface area contributed by atoms with Crippen molar-refractivity contribution in [3.63, 3.8) is 0 Å². The molecule has 90 valence electrons. The molecule has 1 aromatic rings. The molecular formula is C12H21N3S. The number of thioether (sulfide) groups is 1. The SMILES string of the molecule is CCC(C)SCc1nccc(CC(C)N)n1. The van der Waals surface area contributed by atoms with Crippen LogP contribution in [0.25, 0.3) is 0 Å². The standard InChI is InChI=1S/C12H21N3S/c1-4-10(3)16-8-12-14-6-5-11(15-12)7-9(2)13/h5-6,9-10H,4,7-8,13H2,1-3H3. The van der Waals surface area contributed by atoms with Gasteiger partial charge in [-0.2, -0.15) is 11.8 Å². The zero-order chi connectivity index (χ0) is 12.0. The van der Waals surface area contributed by atoms with Crippen molar-refractivity contribution in [2.45, 2.75) is 50.7 Å². The van der Waals surface area contributed by atoms with Gasteiger partial charge in [-0.1, -0.05) is 13.8 Å². The Kier molecular flexibility index (Phi) is 5.77. The summed E-state index contributed by atoms with van der Waals surface area (Å²) in [5.41, 5.74) is 6.80. The van der Waals surface area contributed by atoms with Gasteiger partial charge in [0.2, 0.25) is 0 Å². The van der Waals surface area contributed by atoms with E-state index < -0.39 is 0 Å². The smallest absolute Gasteiger partial charge is 0.138 e. The number of hydrogen-bond acceptors (Lipinski definition) is 4. The van der Waals surface area contributed by atoms with Gasteiger partial charge in [-0.15, -0.1) is 0 Å². The van der Waals surface area contributed by atoms with Crippen molar-refractivity contribution in [3.8, 4) is 0 Å².